The summed E-state index contributed by atoms with van der Waals surface area (Å²) in [6.45, 7) is 4.13. The number of hydrogen-bond donors (Lipinski definition) is 0. The highest BCUT2D eigenvalue weighted by Crippen LogP contribution is 2.39. The molecule has 4 rings (SSSR count). The molecule has 1 aromatic heterocycles. The van der Waals surface area contributed by atoms with Gasteiger partial charge in [-0.1, -0.05) is 0 Å². The van der Waals surface area contributed by atoms with E-state index >= 15 is 0 Å². The van der Waals surface area contributed by atoms with Crippen molar-refractivity contribution in [1.29, 1.82) is 0 Å². The quantitative estimate of drug-likeness (QED) is 0.808. The highest BCUT2D eigenvalue weighted by molar-refractivity contribution is 5.89. The Morgan fingerprint density at radius 1 is 1.20 bits per heavy atom. The molecule has 7 heteroatoms. The summed E-state index contributed by atoms with van der Waals surface area (Å²) in [6.07, 6.45) is 2.72. The van der Waals surface area contributed by atoms with Crippen LogP contribution in [-0.2, 0) is 9.59 Å². The van der Waals surface area contributed by atoms with Crippen molar-refractivity contribution in [2.24, 2.45) is 5.92 Å². The van der Waals surface area contributed by atoms with Crippen molar-refractivity contribution >= 4 is 17.6 Å². The van der Waals surface area contributed by atoms with Crippen molar-refractivity contribution in [2.45, 2.75) is 38.1 Å². The third kappa shape index (κ3) is 3.07. The highest BCUT2D eigenvalue weighted by atomic mass is 16.2. The molecule has 0 aromatic carbocycles. The summed E-state index contributed by atoms with van der Waals surface area (Å²) < 4.78 is 0. The first-order valence-corrected chi connectivity index (χ1v) is 9.03. The van der Waals surface area contributed by atoms with Crippen molar-refractivity contribution in [3.63, 3.8) is 0 Å². The van der Waals surface area contributed by atoms with Gasteiger partial charge in [-0.25, -0.2) is 9.97 Å². The largest absolute Gasteiger partial charge is 0.352 e. The van der Waals surface area contributed by atoms with Crippen LogP contribution in [0.25, 0.3) is 0 Å². The average molecular weight is 343 g/mol. The van der Waals surface area contributed by atoms with Crippen LogP contribution in [0.5, 0.6) is 0 Å². The van der Waals surface area contributed by atoms with E-state index in [1.54, 1.807) is 19.0 Å². The van der Waals surface area contributed by atoms with Crippen molar-refractivity contribution in [1.82, 2.24) is 19.8 Å². The average Bonchev–Trinajstić information content (AvgIpc) is 3.29. The lowest BCUT2D eigenvalue weighted by molar-refractivity contribution is -0.133. The number of hydrogen-bond acceptors (Lipinski definition) is 5. The molecule has 7 nitrogen and oxygen atoms in total. The summed E-state index contributed by atoms with van der Waals surface area (Å²) >= 11 is 0. The summed E-state index contributed by atoms with van der Waals surface area (Å²) in [6, 6.07) is 2.21. The Kier molecular flexibility index (Phi) is 3.89. The molecule has 1 unspecified atom stereocenters. The number of aromatic nitrogens is 2. The van der Waals surface area contributed by atoms with Gasteiger partial charge in [-0.05, 0) is 19.8 Å². The van der Waals surface area contributed by atoms with Gasteiger partial charge in [0.15, 0.2) is 0 Å². The Hall–Kier alpha value is -2.18. The maximum atomic E-state index is 12.3. The van der Waals surface area contributed by atoms with Crippen LogP contribution in [0.3, 0.4) is 0 Å². The summed E-state index contributed by atoms with van der Waals surface area (Å²) in [5.74, 6) is 2.42. The van der Waals surface area contributed by atoms with E-state index in [4.69, 9.17) is 4.98 Å². The van der Waals surface area contributed by atoms with Gasteiger partial charge in [0.05, 0.1) is 12.0 Å². The zero-order chi connectivity index (χ0) is 17.7. The molecule has 134 valence electrons. The molecule has 2 aliphatic heterocycles. The molecule has 0 radical (unpaired) electrons. The zero-order valence-corrected chi connectivity index (χ0v) is 15.1. The SMILES string of the molecule is Cc1cc(N2CC(N3CC(C(=O)N(C)C)CC3=O)C2)nc(C2CC2)n1. The Morgan fingerprint density at radius 3 is 2.56 bits per heavy atom. The molecule has 2 saturated heterocycles. The molecule has 1 saturated carbocycles. The first-order chi connectivity index (χ1) is 11.9. The van der Waals surface area contributed by atoms with Crippen LogP contribution in [0.4, 0.5) is 5.82 Å². The van der Waals surface area contributed by atoms with Crippen molar-refractivity contribution in [3.05, 3.63) is 17.6 Å². The number of carbonyl (C=O) groups excluding carboxylic acids is 2. The van der Waals surface area contributed by atoms with E-state index in [1.165, 1.54) is 12.8 Å². The molecule has 0 bridgehead atoms. The summed E-state index contributed by atoms with van der Waals surface area (Å²) in [5.41, 5.74) is 1.00. The van der Waals surface area contributed by atoms with E-state index < -0.39 is 0 Å². The molecular weight excluding hydrogens is 318 g/mol. The number of carbonyl (C=O) groups is 2. The van der Waals surface area contributed by atoms with E-state index in [-0.39, 0.29) is 23.8 Å². The lowest BCUT2D eigenvalue weighted by atomic mass is 10.1. The second kappa shape index (κ2) is 5.97. The second-order valence-electron chi connectivity index (χ2n) is 7.74. The fourth-order valence-electron chi connectivity index (χ4n) is 3.72. The normalized spacial score (nSPS) is 23.8. The molecule has 1 aromatic rings. The molecule has 3 fully saturated rings. The third-order valence-corrected chi connectivity index (χ3v) is 5.38. The lowest BCUT2D eigenvalue weighted by Gasteiger charge is -2.44. The van der Waals surface area contributed by atoms with E-state index in [2.05, 4.69) is 9.88 Å². The highest BCUT2D eigenvalue weighted by Gasteiger charge is 2.43. The van der Waals surface area contributed by atoms with Gasteiger partial charge in [0.1, 0.15) is 11.6 Å². The first kappa shape index (κ1) is 16.3. The smallest absolute Gasteiger partial charge is 0.227 e. The fraction of sp³-hybridized carbons (Fsp3) is 0.667. The van der Waals surface area contributed by atoms with Gasteiger partial charge >= 0.3 is 0 Å². The molecule has 3 heterocycles. The first-order valence-electron chi connectivity index (χ1n) is 9.03. The van der Waals surface area contributed by atoms with Crippen LogP contribution in [-0.4, -0.2) is 71.4 Å². The van der Waals surface area contributed by atoms with Crippen molar-refractivity contribution < 1.29 is 9.59 Å². The zero-order valence-electron chi connectivity index (χ0n) is 15.1. The number of likely N-dealkylation sites (tertiary alicyclic amines) is 1. The molecule has 1 aliphatic carbocycles. The van der Waals surface area contributed by atoms with Crippen LogP contribution in [0.2, 0.25) is 0 Å². The number of nitrogens with zero attached hydrogens (tertiary/aromatic N) is 5. The van der Waals surface area contributed by atoms with Gasteiger partial charge in [-0.15, -0.1) is 0 Å². The Bertz CT molecular complexity index is 709. The van der Waals surface area contributed by atoms with E-state index in [0.29, 0.717) is 18.9 Å². The van der Waals surface area contributed by atoms with Gasteiger partial charge in [0, 0.05) is 57.8 Å². The van der Waals surface area contributed by atoms with Gasteiger partial charge in [-0.3, -0.25) is 9.59 Å². The standard InChI is InChI=1S/C18H25N5O2/c1-11-6-15(20-17(19-11)12-4-5-12)22-9-14(10-22)23-8-13(7-16(23)24)18(25)21(2)3/h6,12-14H,4-5,7-10H2,1-3H3. The minimum Gasteiger partial charge on any atom is -0.352 e. The Labute approximate surface area is 148 Å². The van der Waals surface area contributed by atoms with Crippen molar-refractivity contribution in [2.75, 3.05) is 38.6 Å². The number of rotatable bonds is 4. The molecule has 0 spiro atoms. The molecular formula is C18H25N5O2. The summed E-state index contributed by atoms with van der Waals surface area (Å²) in [4.78, 5) is 39.4. The van der Waals surface area contributed by atoms with Crippen LogP contribution in [0, 0.1) is 12.8 Å². The summed E-state index contributed by atoms with van der Waals surface area (Å²) in [7, 11) is 3.49. The predicted molar refractivity (Wildman–Crippen MR) is 93.3 cm³/mol. The van der Waals surface area contributed by atoms with Crippen LogP contribution in [0.15, 0.2) is 6.07 Å². The van der Waals surface area contributed by atoms with Crippen molar-refractivity contribution in [3.8, 4) is 0 Å². The van der Waals surface area contributed by atoms with E-state index in [0.717, 1.165) is 30.4 Å². The fourth-order valence-corrected chi connectivity index (χ4v) is 3.72. The third-order valence-electron chi connectivity index (χ3n) is 5.38. The number of aryl methyl sites for hydroxylation is 1. The molecule has 3 aliphatic rings. The maximum absolute atomic E-state index is 12.3. The molecule has 1 atom stereocenters. The van der Waals surface area contributed by atoms with Crippen LogP contribution in [0.1, 0.15) is 36.7 Å². The predicted octanol–water partition coefficient (Wildman–Crippen LogP) is 0.788. The monoisotopic (exact) mass is 343 g/mol. The summed E-state index contributed by atoms with van der Waals surface area (Å²) in [5, 5.41) is 0. The van der Waals surface area contributed by atoms with Gasteiger partial charge < -0.3 is 14.7 Å². The molecule has 0 N–H and O–H groups in total. The Balaban J connectivity index is 1.39. The van der Waals surface area contributed by atoms with Crippen LogP contribution >= 0.6 is 0 Å². The minimum absolute atomic E-state index is 0.0486. The maximum Gasteiger partial charge on any atom is 0.227 e. The number of amides is 2. The van der Waals surface area contributed by atoms with E-state index in [1.807, 2.05) is 17.9 Å². The van der Waals surface area contributed by atoms with E-state index in [9.17, 15) is 9.59 Å². The Morgan fingerprint density at radius 2 is 1.92 bits per heavy atom. The lowest BCUT2D eigenvalue weighted by Crippen LogP contribution is -2.60. The van der Waals surface area contributed by atoms with Gasteiger partial charge in [0.2, 0.25) is 11.8 Å². The second-order valence-corrected chi connectivity index (χ2v) is 7.74. The van der Waals surface area contributed by atoms with Gasteiger partial charge in [-0.2, -0.15) is 0 Å². The minimum atomic E-state index is -0.195. The topological polar surface area (TPSA) is 69.6 Å². The van der Waals surface area contributed by atoms with Crippen LogP contribution < -0.4 is 4.90 Å². The number of anilines is 1. The molecule has 25 heavy (non-hydrogen) atoms. The molecule has 2 amide bonds. The van der Waals surface area contributed by atoms with Gasteiger partial charge in [0.25, 0.3) is 0 Å².